The highest BCUT2D eigenvalue weighted by Crippen LogP contribution is 2.37. The number of ether oxygens (including phenoxy) is 2. The molecule has 0 aliphatic rings. The number of rotatable bonds is 6. The van der Waals surface area contributed by atoms with Crippen molar-refractivity contribution in [3.8, 4) is 11.5 Å². The van der Waals surface area contributed by atoms with Gasteiger partial charge in [-0.25, -0.2) is 0 Å². The monoisotopic (exact) mass is 350 g/mol. The van der Waals surface area contributed by atoms with Crippen molar-refractivity contribution < 1.29 is 9.47 Å². The van der Waals surface area contributed by atoms with Crippen molar-refractivity contribution in [1.29, 1.82) is 0 Å². The van der Waals surface area contributed by atoms with E-state index in [1.807, 2.05) is 44.2 Å². The Hall–Kier alpha value is -1.59. The van der Waals surface area contributed by atoms with Crippen LogP contribution in [0, 0.1) is 6.92 Å². The number of aryl methyl sites for hydroxylation is 1. The zero-order chi connectivity index (χ0) is 15.2. The van der Waals surface area contributed by atoms with Crippen LogP contribution in [0.5, 0.6) is 11.5 Å². The van der Waals surface area contributed by atoms with Crippen molar-refractivity contribution >= 4 is 15.9 Å². The minimum absolute atomic E-state index is 0.391. The molecule has 5 heteroatoms. The number of halogens is 1. The summed E-state index contributed by atoms with van der Waals surface area (Å²) in [5, 5.41) is 0. The highest BCUT2D eigenvalue weighted by molar-refractivity contribution is 9.10. The highest BCUT2D eigenvalue weighted by Gasteiger charge is 2.12. The number of benzene rings is 1. The quantitative estimate of drug-likeness (QED) is 0.864. The first-order chi connectivity index (χ1) is 10.1. The highest BCUT2D eigenvalue weighted by atomic mass is 79.9. The molecule has 0 spiro atoms. The molecule has 0 aliphatic carbocycles. The van der Waals surface area contributed by atoms with E-state index in [1.165, 1.54) is 0 Å². The Kier molecular flexibility index (Phi) is 5.59. The van der Waals surface area contributed by atoms with E-state index in [2.05, 4.69) is 20.9 Å². The van der Waals surface area contributed by atoms with Crippen LogP contribution in [-0.4, -0.2) is 11.6 Å². The molecule has 21 heavy (non-hydrogen) atoms. The lowest BCUT2D eigenvalue weighted by Crippen LogP contribution is -2.04. The van der Waals surface area contributed by atoms with Gasteiger partial charge in [-0.05, 0) is 59.6 Å². The number of pyridine rings is 1. The molecule has 0 saturated heterocycles. The smallest absolute Gasteiger partial charge is 0.175 e. The third kappa shape index (κ3) is 4.19. The van der Waals surface area contributed by atoms with E-state index < -0.39 is 0 Å². The Morgan fingerprint density at radius 2 is 2.05 bits per heavy atom. The van der Waals surface area contributed by atoms with Crippen LogP contribution in [0.2, 0.25) is 0 Å². The normalized spacial score (nSPS) is 10.5. The van der Waals surface area contributed by atoms with Crippen LogP contribution < -0.4 is 15.2 Å². The molecule has 4 nitrogen and oxygen atoms in total. The van der Waals surface area contributed by atoms with Crippen molar-refractivity contribution in [3.63, 3.8) is 0 Å². The maximum absolute atomic E-state index is 5.89. The first kappa shape index (κ1) is 15.8. The van der Waals surface area contributed by atoms with Crippen LogP contribution in [0.15, 0.2) is 34.8 Å². The van der Waals surface area contributed by atoms with Gasteiger partial charge in [-0.1, -0.05) is 6.07 Å². The molecule has 0 bridgehead atoms. The SMILES string of the molecule is CCOc1cc(CN)cc(Br)c1OCc1cccc(C)n1. The summed E-state index contributed by atoms with van der Waals surface area (Å²) in [4.78, 5) is 4.43. The van der Waals surface area contributed by atoms with E-state index in [0.29, 0.717) is 31.3 Å². The molecular weight excluding hydrogens is 332 g/mol. The first-order valence-electron chi connectivity index (χ1n) is 6.84. The number of hydrogen-bond donors (Lipinski definition) is 1. The molecule has 2 aromatic rings. The topological polar surface area (TPSA) is 57.4 Å². The molecule has 0 aliphatic heterocycles. The summed E-state index contributed by atoms with van der Waals surface area (Å²) < 4.78 is 12.4. The van der Waals surface area contributed by atoms with E-state index in [-0.39, 0.29) is 0 Å². The van der Waals surface area contributed by atoms with E-state index in [1.54, 1.807) is 0 Å². The molecule has 2 N–H and O–H groups in total. The number of nitrogens with zero attached hydrogens (tertiary/aromatic N) is 1. The maximum atomic E-state index is 5.89. The van der Waals surface area contributed by atoms with Crippen LogP contribution in [0.1, 0.15) is 23.9 Å². The molecule has 1 aromatic carbocycles. The molecule has 0 radical (unpaired) electrons. The summed E-state index contributed by atoms with van der Waals surface area (Å²) in [6.07, 6.45) is 0. The maximum Gasteiger partial charge on any atom is 0.175 e. The lowest BCUT2D eigenvalue weighted by Gasteiger charge is -2.15. The number of hydrogen-bond acceptors (Lipinski definition) is 4. The second-order valence-corrected chi connectivity index (χ2v) is 5.46. The largest absolute Gasteiger partial charge is 0.490 e. The average molecular weight is 351 g/mol. The summed E-state index contributed by atoms with van der Waals surface area (Å²) in [6, 6.07) is 9.72. The van der Waals surface area contributed by atoms with Crippen molar-refractivity contribution in [2.45, 2.75) is 27.0 Å². The molecular formula is C16H19BrN2O2. The lowest BCUT2D eigenvalue weighted by atomic mass is 10.2. The minimum atomic E-state index is 0.391. The van der Waals surface area contributed by atoms with Gasteiger partial charge in [0.1, 0.15) is 6.61 Å². The van der Waals surface area contributed by atoms with Gasteiger partial charge in [-0.15, -0.1) is 0 Å². The van der Waals surface area contributed by atoms with Gasteiger partial charge in [0.15, 0.2) is 11.5 Å². The Morgan fingerprint density at radius 3 is 2.71 bits per heavy atom. The third-order valence-corrected chi connectivity index (χ3v) is 3.50. The fourth-order valence-electron chi connectivity index (χ4n) is 1.97. The van der Waals surface area contributed by atoms with Gasteiger partial charge in [0, 0.05) is 12.2 Å². The van der Waals surface area contributed by atoms with Crippen molar-refractivity contribution in [2.24, 2.45) is 5.73 Å². The summed E-state index contributed by atoms with van der Waals surface area (Å²) in [5.74, 6) is 1.37. The molecule has 0 unspecified atom stereocenters. The van der Waals surface area contributed by atoms with Crippen molar-refractivity contribution in [2.75, 3.05) is 6.61 Å². The Morgan fingerprint density at radius 1 is 1.24 bits per heavy atom. The van der Waals surface area contributed by atoms with E-state index in [4.69, 9.17) is 15.2 Å². The van der Waals surface area contributed by atoms with Crippen LogP contribution in [-0.2, 0) is 13.2 Å². The molecule has 0 amide bonds. The standard InChI is InChI=1S/C16H19BrN2O2/c1-3-20-15-8-12(9-18)7-14(17)16(15)21-10-13-6-4-5-11(2)19-13/h4-8H,3,9-10,18H2,1-2H3. The van der Waals surface area contributed by atoms with Crippen LogP contribution in [0.25, 0.3) is 0 Å². The van der Waals surface area contributed by atoms with Gasteiger partial charge < -0.3 is 15.2 Å². The van der Waals surface area contributed by atoms with E-state index in [0.717, 1.165) is 21.4 Å². The molecule has 0 saturated carbocycles. The molecule has 1 aromatic heterocycles. The summed E-state index contributed by atoms with van der Waals surface area (Å²) in [6.45, 7) is 5.32. The Bertz CT molecular complexity index is 617. The Balaban J connectivity index is 2.22. The second-order valence-electron chi connectivity index (χ2n) is 4.60. The third-order valence-electron chi connectivity index (χ3n) is 2.92. The molecule has 0 atom stereocenters. The van der Waals surface area contributed by atoms with Gasteiger partial charge in [0.05, 0.1) is 16.8 Å². The van der Waals surface area contributed by atoms with Crippen molar-refractivity contribution in [3.05, 3.63) is 51.8 Å². The van der Waals surface area contributed by atoms with Gasteiger partial charge in [-0.2, -0.15) is 0 Å². The minimum Gasteiger partial charge on any atom is -0.490 e. The Labute approximate surface area is 133 Å². The molecule has 2 rings (SSSR count). The fourth-order valence-corrected chi connectivity index (χ4v) is 2.57. The van der Waals surface area contributed by atoms with Gasteiger partial charge in [-0.3, -0.25) is 4.98 Å². The van der Waals surface area contributed by atoms with E-state index in [9.17, 15) is 0 Å². The van der Waals surface area contributed by atoms with Gasteiger partial charge >= 0.3 is 0 Å². The van der Waals surface area contributed by atoms with Crippen LogP contribution in [0.4, 0.5) is 0 Å². The summed E-state index contributed by atoms with van der Waals surface area (Å²) in [5.41, 5.74) is 8.53. The number of nitrogens with two attached hydrogens (primary N) is 1. The average Bonchev–Trinajstić information content (AvgIpc) is 2.46. The molecule has 1 heterocycles. The predicted octanol–water partition coefficient (Wildman–Crippen LogP) is 3.59. The molecule has 112 valence electrons. The lowest BCUT2D eigenvalue weighted by molar-refractivity contribution is 0.264. The summed E-state index contributed by atoms with van der Waals surface area (Å²) in [7, 11) is 0. The first-order valence-corrected chi connectivity index (χ1v) is 7.64. The van der Waals surface area contributed by atoms with Gasteiger partial charge in [0.25, 0.3) is 0 Å². The van der Waals surface area contributed by atoms with Gasteiger partial charge in [0.2, 0.25) is 0 Å². The van der Waals surface area contributed by atoms with Crippen LogP contribution >= 0.6 is 15.9 Å². The fraction of sp³-hybridized carbons (Fsp3) is 0.312. The van der Waals surface area contributed by atoms with Crippen LogP contribution in [0.3, 0.4) is 0 Å². The van der Waals surface area contributed by atoms with Crippen molar-refractivity contribution in [1.82, 2.24) is 4.98 Å². The van der Waals surface area contributed by atoms with E-state index >= 15 is 0 Å². The zero-order valence-corrected chi connectivity index (χ0v) is 13.8. The zero-order valence-electron chi connectivity index (χ0n) is 12.2. The second kappa shape index (κ2) is 7.43. The molecule has 0 fully saturated rings. The number of aromatic nitrogens is 1. The summed E-state index contributed by atoms with van der Waals surface area (Å²) >= 11 is 3.52. The predicted molar refractivity (Wildman–Crippen MR) is 86.5 cm³/mol.